The Balaban J connectivity index is 1.99. The van der Waals surface area contributed by atoms with Crippen molar-refractivity contribution in [1.29, 1.82) is 0 Å². The number of amides is 3. The van der Waals surface area contributed by atoms with Gasteiger partial charge in [-0.1, -0.05) is 18.9 Å². The first-order valence-electron chi connectivity index (χ1n) is 11.2. The number of carbonyl (C=O) groups is 3. The number of benzene rings is 1. The highest BCUT2D eigenvalue weighted by molar-refractivity contribution is 6.01. The first-order valence-corrected chi connectivity index (χ1v) is 11.2. The van der Waals surface area contributed by atoms with Gasteiger partial charge in [-0.2, -0.15) is 0 Å². The molecule has 8 heteroatoms. The molecular formula is C24H33N3O5. The van der Waals surface area contributed by atoms with Gasteiger partial charge in [0.1, 0.15) is 0 Å². The van der Waals surface area contributed by atoms with Gasteiger partial charge in [0.05, 0.1) is 0 Å². The van der Waals surface area contributed by atoms with Crippen LogP contribution >= 0.6 is 0 Å². The van der Waals surface area contributed by atoms with Crippen LogP contribution in [0.15, 0.2) is 35.3 Å². The van der Waals surface area contributed by atoms with Crippen molar-refractivity contribution < 1.29 is 19.1 Å². The summed E-state index contributed by atoms with van der Waals surface area (Å²) in [7, 11) is 0. The summed E-state index contributed by atoms with van der Waals surface area (Å²) >= 11 is 0. The minimum Gasteiger partial charge on any atom is -0.382 e. The summed E-state index contributed by atoms with van der Waals surface area (Å²) in [5, 5.41) is 6.22. The van der Waals surface area contributed by atoms with Gasteiger partial charge in [-0.3, -0.25) is 24.5 Å². The lowest BCUT2D eigenvalue weighted by Gasteiger charge is -2.16. The Bertz CT molecular complexity index is 970. The summed E-state index contributed by atoms with van der Waals surface area (Å²) in [4.78, 5) is 47.2. The summed E-state index contributed by atoms with van der Waals surface area (Å²) < 4.78 is 6.88. The predicted octanol–water partition coefficient (Wildman–Crippen LogP) is 3.54. The average molecular weight is 444 g/mol. The quantitative estimate of drug-likeness (QED) is 0.343. The van der Waals surface area contributed by atoms with Gasteiger partial charge in [0.15, 0.2) is 0 Å². The fourth-order valence-corrected chi connectivity index (χ4v) is 3.57. The molecular weight excluding hydrogens is 410 g/mol. The summed E-state index contributed by atoms with van der Waals surface area (Å²) in [6.45, 7) is 5.32. The van der Waals surface area contributed by atoms with Crippen LogP contribution < -0.4 is 16.2 Å². The summed E-state index contributed by atoms with van der Waals surface area (Å²) in [5.41, 5.74) is 0.433. The monoisotopic (exact) mass is 443 g/mol. The van der Waals surface area contributed by atoms with Crippen molar-refractivity contribution in [2.75, 3.05) is 18.5 Å². The number of ether oxygens (including phenoxy) is 1. The van der Waals surface area contributed by atoms with E-state index in [1.807, 2.05) is 19.9 Å². The molecule has 0 saturated heterocycles. The molecule has 2 rings (SSSR count). The molecule has 0 bridgehead atoms. The smallest absolute Gasteiger partial charge is 0.258 e. The minimum absolute atomic E-state index is 0.0685. The van der Waals surface area contributed by atoms with Crippen LogP contribution in [0.5, 0.6) is 0 Å². The minimum atomic E-state index is -0.375. The number of unbranched alkanes of at least 4 members (excludes halogenated alkanes) is 3. The van der Waals surface area contributed by atoms with Crippen molar-refractivity contribution in [2.24, 2.45) is 0 Å². The maximum Gasteiger partial charge on any atom is 0.258 e. The van der Waals surface area contributed by atoms with Crippen molar-refractivity contribution in [3.63, 3.8) is 0 Å². The number of rotatable bonds is 14. The second kappa shape index (κ2) is 13.4. The Kier molecular flexibility index (Phi) is 10.6. The highest BCUT2D eigenvalue weighted by Gasteiger charge is 2.13. The van der Waals surface area contributed by atoms with Crippen molar-refractivity contribution >= 4 is 34.7 Å². The third-order valence-corrected chi connectivity index (χ3v) is 5.38. The molecule has 1 aromatic heterocycles. The van der Waals surface area contributed by atoms with Gasteiger partial charge in [-0.05, 0) is 51.3 Å². The number of aromatic nitrogens is 1. The van der Waals surface area contributed by atoms with E-state index in [1.54, 1.807) is 29.0 Å². The molecule has 1 heterocycles. The molecule has 2 aromatic rings. The van der Waals surface area contributed by atoms with Gasteiger partial charge in [0.25, 0.3) is 5.56 Å². The van der Waals surface area contributed by atoms with Crippen molar-refractivity contribution in [3.05, 3.63) is 40.8 Å². The van der Waals surface area contributed by atoms with Gasteiger partial charge in [-0.25, -0.2) is 0 Å². The van der Waals surface area contributed by atoms with E-state index in [0.717, 1.165) is 38.9 Å². The number of nitrogens with one attached hydrogen (secondary N) is 2. The van der Waals surface area contributed by atoms with E-state index in [2.05, 4.69) is 10.6 Å². The maximum absolute atomic E-state index is 13.0. The second-order valence-electron chi connectivity index (χ2n) is 7.78. The second-order valence-corrected chi connectivity index (χ2v) is 7.78. The topological polar surface area (TPSA) is 106 Å². The number of hydrogen-bond donors (Lipinski definition) is 2. The van der Waals surface area contributed by atoms with Crippen LogP contribution in [0.25, 0.3) is 10.8 Å². The number of fused-ring (bicyclic) bond motifs is 1. The molecule has 0 aliphatic heterocycles. The van der Waals surface area contributed by atoms with Crippen LogP contribution in [0.4, 0.5) is 5.69 Å². The predicted molar refractivity (Wildman–Crippen MR) is 125 cm³/mol. The first kappa shape index (κ1) is 25.3. The van der Waals surface area contributed by atoms with Crippen LogP contribution in [0, 0.1) is 0 Å². The first-order chi connectivity index (χ1) is 15.5. The molecule has 0 aliphatic rings. The molecule has 174 valence electrons. The molecule has 0 aliphatic carbocycles. The highest BCUT2D eigenvalue weighted by Crippen LogP contribution is 2.22. The number of hydrogen-bond acceptors (Lipinski definition) is 5. The fourth-order valence-electron chi connectivity index (χ4n) is 3.57. The van der Waals surface area contributed by atoms with Gasteiger partial charge in [-0.15, -0.1) is 0 Å². The molecule has 0 fully saturated rings. The SMILES string of the molecule is CCOCCCCCCC(=O)Nc1cccc2c(=O)n(C(C)CCC(=O)NC=O)ccc12. The zero-order chi connectivity index (χ0) is 23.3. The molecule has 0 spiro atoms. The standard InChI is InChI=1S/C24H33N3O5/c1-3-32-16-7-5-4-6-11-23(30)26-21-10-8-9-20-19(21)14-15-27(24(20)31)18(2)12-13-22(29)25-17-28/h8-10,14-15,17-18H,3-7,11-13,16H2,1-2H3,(H,26,30)(H,25,28,29). The fraction of sp³-hybridized carbons (Fsp3) is 0.500. The normalized spacial score (nSPS) is 11.8. The Labute approximate surface area is 188 Å². The van der Waals surface area contributed by atoms with E-state index < -0.39 is 0 Å². The van der Waals surface area contributed by atoms with Crippen LogP contribution in [0.1, 0.15) is 64.8 Å². The summed E-state index contributed by atoms with van der Waals surface area (Å²) in [6.07, 6.45) is 6.87. The Hall–Kier alpha value is -3.00. The molecule has 32 heavy (non-hydrogen) atoms. The van der Waals surface area contributed by atoms with E-state index in [4.69, 9.17) is 4.74 Å². The molecule has 3 amide bonds. The van der Waals surface area contributed by atoms with E-state index in [0.29, 0.717) is 35.7 Å². The van der Waals surface area contributed by atoms with Crippen molar-refractivity contribution in [1.82, 2.24) is 9.88 Å². The number of anilines is 1. The number of carbonyl (C=O) groups excluding carboxylic acids is 3. The van der Waals surface area contributed by atoms with Crippen LogP contribution in [0.2, 0.25) is 0 Å². The highest BCUT2D eigenvalue weighted by atomic mass is 16.5. The van der Waals surface area contributed by atoms with Gasteiger partial charge in [0, 0.05) is 54.8 Å². The number of imide groups is 1. The average Bonchev–Trinajstić information content (AvgIpc) is 2.78. The summed E-state index contributed by atoms with van der Waals surface area (Å²) in [6, 6.07) is 6.86. The van der Waals surface area contributed by atoms with Crippen LogP contribution in [-0.4, -0.2) is 36.0 Å². The molecule has 8 nitrogen and oxygen atoms in total. The third kappa shape index (κ3) is 7.60. The van der Waals surface area contributed by atoms with E-state index >= 15 is 0 Å². The lowest BCUT2D eigenvalue weighted by molar-refractivity contribution is -0.125. The Morgan fingerprint density at radius 1 is 1.06 bits per heavy atom. The zero-order valence-corrected chi connectivity index (χ0v) is 18.9. The molecule has 1 atom stereocenters. The van der Waals surface area contributed by atoms with E-state index in [-0.39, 0.29) is 29.8 Å². The Morgan fingerprint density at radius 2 is 1.84 bits per heavy atom. The summed E-state index contributed by atoms with van der Waals surface area (Å²) in [5.74, 6) is -0.443. The molecule has 1 aromatic carbocycles. The lowest BCUT2D eigenvalue weighted by atomic mass is 10.1. The third-order valence-electron chi connectivity index (χ3n) is 5.38. The van der Waals surface area contributed by atoms with E-state index in [1.165, 1.54) is 0 Å². The van der Waals surface area contributed by atoms with E-state index in [9.17, 15) is 19.2 Å². The molecule has 0 radical (unpaired) electrons. The molecule has 1 unspecified atom stereocenters. The van der Waals surface area contributed by atoms with Crippen molar-refractivity contribution in [3.8, 4) is 0 Å². The number of nitrogens with zero attached hydrogens (tertiary/aromatic N) is 1. The largest absolute Gasteiger partial charge is 0.382 e. The van der Waals surface area contributed by atoms with Gasteiger partial charge < -0.3 is 14.6 Å². The lowest BCUT2D eigenvalue weighted by Crippen LogP contribution is -2.26. The molecule has 0 saturated carbocycles. The Morgan fingerprint density at radius 3 is 2.59 bits per heavy atom. The van der Waals surface area contributed by atoms with Crippen LogP contribution in [-0.2, 0) is 19.1 Å². The van der Waals surface area contributed by atoms with Gasteiger partial charge in [0.2, 0.25) is 18.2 Å². The zero-order valence-electron chi connectivity index (χ0n) is 18.9. The maximum atomic E-state index is 13.0. The number of pyridine rings is 1. The molecule has 2 N–H and O–H groups in total. The van der Waals surface area contributed by atoms with Crippen LogP contribution in [0.3, 0.4) is 0 Å². The van der Waals surface area contributed by atoms with Crippen molar-refractivity contribution in [2.45, 2.75) is 64.8 Å². The van der Waals surface area contributed by atoms with Gasteiger partial charge >= 0.3 is 0 Å².